The maximum atomic E-state index is 9.01. The van der Waals surface area contributed by atoms with Crippen molar-refractivity contribution in [3.8, 4) is 0 Å². The van der Waals surface area contributed by atoms with Gasteiger partial charge in [-0.05, 0) is 29.9 Å². The molecule has 0 aromatic heterocycles. The van der Waals surface area contributed by atoms with Crippen LogP contribution >= 0.6 is 0 Å². The smallest absolute Gasteiger partial charge is 0.0681 e. The molecule has 0 aliphatic heterocycles. The molecule has 0 heterocycles. The van der Waals surface area contributed by atoms with Crippen LogP contribution in [0.25, 0.3) is 0 Å². The first-order valence-corrected chi connectivity index (χ1v) is 6.51. The van der Waals surface area contributed by atoms with Crippen molar-refractivity contribution in [3.05, 3.63) is 35.4 Å². The monoisotopic (exact) mass is 220 g/mol. The summed E-state index contributed by atoms with van der Waals surface area (Å²) in [4.78, 5) is 0. The lowest BCUT2D eigenvalue weighted by Crippen LogP contribution is -1.99. The van der Waals surface area contributed by atoms with Crippen molar-refractivity contribution in [2.45, 2.75) is 58.5 Å². The van der Waals surface area contributed by atoms with E-state index in [9.17, 15) is 0 Å². The lowest BCUT2D eigenvalue weighted by Gasteiger charge is -2.16. The van der Waals surface area contributed by atoms with Crippen LogP contribution in [0.3, 0.4) is 0 Å². The first-order valence-electron chi connectivity index (χ1n) is 6.51. The Balaban J connectivity index is 2.67. The highest BCUT2D eigenvalue weighted by Gasteiger charge is 2.09. The average Bonchev–Trinajstić information content (AvgIpc) is 2.35. The summed E-state index contributed by atoms with van der Waals surface area (Å²) in [5.74, 6) is 0.706. The zero-order chi connectivity index (χ0) is 11.8. The van der Waals surface area contributed by atoms with Crippen LogP contribution in [0.15, 0.2) is 24.3 Å². The van der Waals surface area contributed by atoms with Crippen LogP contribution in [0.2, 0.25) is 0 Å². The van der Waals surface area contributed by atoms with Crippen molar-refractivity contribution in [3.63, 3.8) is 0 Å². The Kier molecular flexibility index (Phi) is 6.17. The van der Waals surface area contributed by atoms with E-state index in [2.05, 4.69) is 26.0 Å². The molecule has 1 aromatic carbocycles. The third-order valence-electron chi connectivity index (χ3n) is 3.18. The fourth-order valence-electron chi connectivity index (χ4n) is 2.17. The Hall–Kier alpha value is -0.820. The quantitative estimate of drug-likeness (QED) is 0.728. The second-order valence-electron chi connectivity index (χ2n) is 4.53. The Morgan fingerprint density at radius 2 is 1.69 bits per heavy atom. The maximum Gasteiger partial charge on any atom is 0.0681 e. The Bertz CT molecular complexity index is 276. The first-order chi connectivity index (χ1) is 7.81. The van der Waals surface area contributed by atoms with Gasteiger partial charge in [-0.2, -0.15) is 0 Å². The number of benzene rings is 1. The molecule has 1 atom stereocenters. The molecule has 1 nitrogen and oxygen atoms in total. The van der Waals surface area contributed by atoms with E-state index in [0.717, 1.165) is 5.56 Å². The van der Waals surface area contributed by atoms with E-state index in [1.54, 1.807) is 0 Å². The summed E-state index contributed by atoms with van der Waals surface area (Å²) in [7, 11) is 0. The normalized spacial score (nSPS) is 12.7. The summed E-state index contributed by atoms with van der Waals surface area (Å²) in [6.07, 6.45) is 6.40. The van der Waals surface area contributed by atoms with Crippen molar-refractivity contribution in [1.29, 1.82) is 0 Å². The number of aliphatic hydroxyl groups excluding tert-OH is 1. The minimum atomic E-state index is 0.147. The van der Waals surface area contributed by atoms with E-state index >= 15 is 0 Å². The fourth-order valence-corrected chi connectivity index (χ4v) is 2.17. The maximum absolute atomic E-state index is 9.01. The molecule has 1 N–H and O–H groups in total. The Morgan fingerprint density at radius 1 is 1.00 bits per heavy atom. The third kappa shape index (κ3) is 3.97. The minimum absolute atomic E-state index is 0.147. The number of rotatable bonds is 7. The van der Waals surface area contributed by atoms with Crippen molar-refractivity contribution in [2.24, 2.45) is 0 Å². The first kappa shape index (κ1) is 13.2. The second-order valence-corrected chi connectivity index (χ2v) is 4.53. The van der Waals surface area contributed by atoms with Crippen LogP contribution in [0, 0.1) is 0 Å². The van der Waals surface area contributed by atoms with Gasteiger partial charge in [-0.15, -0.1) is 0 Å². The Morgan fingerprint density at radius 3 is 2.19 bits per heavy atom. The molecule has 1 rings (SSSR count). The zero-order valence-corrected chi connectivity index (χ0v) is 10.6. The van der Waals surface area contributed by atoms with Gasteiger partial charge in [-0.1, -0.05) is 57.4 Å². The van der Waals surface area contributed by atoms with Crippen LogP contribution in [-0.2, 0) is 6.61 Å². The molecule has 0 saturated carbocycles. The standard InChI is InChI=1S/C15H24O/c1-3-5-7-14(6-4-2)15-10-8-13(12-16)9-11-15/h8-11,14,16H,3-7,12H2,1-2H3. The highest BCUT2D eigenvalue weighted by Crippen LogP contribution is 2.27. The van der Waals surface area contributed by atoms with Crippen LogP contribution in [-0.4, -0.2) is 5.11 Å². The average molecular weight is 220 g/mol. The number of unbranched alkanes of at least 4 members (excludes halogenated alkanes) is 1. The van der Waals surface area contributed by atoms with E-state index in [1.165, 1.54) is 37.7 Å². The van der Waals surface area contributed by atoms with Gasteiger partial charge in [0.05, 0.1) is 6.61 Å². The largest absolute Gasteiger partial charge is 0.392 e. The highest BCUT2D eigenvalue weighted by atomic mass is 16.3. The number of aliphatic hydroxyl groups is 1. The number of hydrogen-bond donors (Lipinski definition) is 1. The molecule has 16 heavy (non-hydrogen) atoms. The molecule has 0 radical (unpaired) electrons. The fraction of sp³-hybridized carbons (Fsp3) is 0.600. The van der Waals surface area contributed by atoms with Gasteiger partial charge in [0.2, 0.25) is 0 Å². The summed E-state index contributed by atoms with van der Waals surface area (Å²) in [6, 6.07) is 8.46. The molecule has 90 valence electrons. The molecule has 0 amide bonds. The van der Waals surface area contributed by atoms with Crippen LogP contribution in [0.5, 0.6) is 0 Å². The topological polar surface area (TPSA) is 20.2 Å². The lowest BCUT2D eigenvalue weighted by atomic mass is 9.89. The predicted molar refractivity (Wildman–Crippen MR) is 69.5 cm³/mol. The van der Waals surface area contributed by atoms with Crippen molar-refractivity contribution in [1.82, 2.24) is 0 Å². The molecule has 0 aliphatic rings. The molecule has 0 saturated heterocycles. The molecule has 0 spiro atoms. The van der Waals surface area contributed by atoms with Crippen LogP contribution in [0.1, 0.15) is 63.0 Å². The molecule has 1 unspecified atom stereocenters. The highest BCUT2D eigenvalue weighted by molar-refractivity contribution is 5.25. The van der Waals surface area contributed by atoms with Crippen LogP contribution < -0.4 is 0 Å². The van der Waals surface area contributed by atoms with E-state index < -0.39 is 0 Å². The van der Waals surface area contributed by atoms with Gasteiger partial charge in [-0.3, -0.25) is 0 Å². The molecule has 0 bridgehead atoms. The van der Waals surface area contributed by atoms with Crippen molar-refractivity contribution >= 4 is 0 Å². The molecular formula is C15H24O. The second kappa shape index (κ2) is 7.45. The van der Waals surface area contributed by atoms with E-state index in [1.807, 2.05) is 12.1 Å². The van der Waals surface area contributed by atoms with E-state index in [0.29, 0.717) is 5.92 Å². The summed E-state index contributed by atoms with van der Waals surface area (Å²) < 4.78 is 0. The predicted octanol–water partition coefficient (Wildman–Crippen LogP) is 4.25. The van der Waals surface area contributed by atoms with Crippen molar-refractivity contribution < 1.29 is 5.11 Å². The summed E-state index contributed by atoms with van der Waals surface area (Å²) in [5, 5.41) is 9.01. The SMILES string of the molecule is CCCCC(CCC)c1ccc(CO)cc1. The van der Waals surface area contributed by atoms with Gasteiger partial charge in [-0.25, -0.2) is 0 Å². The van der Waals surface area contributed by atoms with E-state index in [-0.39, 0.29) is 6.61 Å². The van der Waals surface area contributed by atoms with Gasteiger partial charge in [0.15, 0.2) is 0 Å². The van der Waals surface area contributed by atoms with Gasteiger partial charge < -0.3 is 5.11 Å². The van der Waals surface area contributed by atoms with E-state index in [4.69, 9.17) is 5.11 Å². The summed E-state index contributed by atoms with van der Waals surface area (Å²) in [5.41, 5.74) is 2.45. The zero-order valence-electron chi connectivity index (χ0n) is 10.6. The van der Waals surface area contributed by atoms with Gasteiger partial charge in [0.25, 0.3) is 0 Å². The molecule has 1 aromatic rings. The molecular weight excluding hydrogens is 196 g/mol. The van der Waals surface area contributed by atoms with Crippen molar-refractivity contribution in [2.75, 3.05) is 0 Å². The lowest BCUT2D eigenvalue weighted by molar-refractivity contribution is 0.282. The van der Waals surface area contributed by atoms with Gasteiger partial charge in [0, 0.05) is 0 Å². The Labute approximate surface area is 99.5 Å². The molecule has 0 aliphatic carbocycles. The van der Waals surface area contributed by atoms with Crippen LogP contribution in [0.4, 0.5) is 0 Å². The summed E-state index contributed by atoms with van der Waals surface area (Å²) >= 11 is 0. The minimum Gasteiger partial charge on any atom is -0.392 e. The summed E-state index contributed by atoms with van der Waals surface area (Å²) in [6.45, 7) is 4.65. The van der Waals surface area contributed by atoms with Gasteiger partial charge in [0.1, 0.15) is 0 Å². The van der Waals surface area contributed by atoms with Gasteiger partial charge >= 0.3 is 0 Å². The third-order valence-corrected chi connectivity index (χ3v) is 3.18. The number of hydrogen-bond acceptors (Lipinski definition) is 1. The molecule has 1 heteroatoms. The molecule has 0 fully saturated rings.